The molecule has 4 heterocycles. The Morgan fingerprint density at radius 2 is 1.64 bits per heavy atom. The number of carbonyl (C=O) groups excluding carboxylic acids is 1. The summed E-state index contributed by atoms with van der Waals surface area (Å²) < 4.78 is 60.8. The van der Waals surface area contributed by atoms with Crippen molar-refractivity contribution in [3.8, 4) is 40.0 Å². The predicted octanol–water partition coefficient (Wildman–Crippen LogP) is 7.39. The molecule has 4 aromatic rings. The number of likely N-dealkylation sites (tertiary alicyclic amines) is 1. The van der Waals surface area contributed by atoms with Crippen LogP contribution in [0.4, 0.5) is 13.2 Å². The van der Waals surface area contributed by atoms with Gasteiger partial charge in [-0.2, -0.15) is 18.2 Å². The summed E-state index contributed by atoms with van der Waals surface area (Å²) in [5, 5.41) is 6.84. The van der Waals surface area contributed by atoms with Crippen LogP contribution in [0.3, 0.4) is 0 Å². The molecule has 53 heavy (non-hydrogen) atoms. The van der Waals surface area contributed by atoms with Crippen LogP contribution in [0, 0.1) is 11.8 Å². The Bertz CT molecular complexity index is 2030. The molecule has 3 fully saturated rings. The van der Waals surface area contributed by atoms with Crippen LogP contribution < -0.4 is 24.8 Å². The third-order valence-corrected chi connectivity index (χ3v) is 11.3. The Morgan fingerprint density at radius 1 is 0.906 bits per heavy atom. The lowest BCUT2D eigenvalue weighted by molar-refractivity contribution is -0.139. The van der Waals surface area contributed by atoms with Gasteiger partial charge in [0, 0.05) is 67.4 Å². The predicted molar refractivity (Wildman–Crippen MR) is 194 cm³/mol. The standard InChI is InChI=1S/C40H41ClF3N5O4/c1-51-37-22(17-45-18-26-10-14-35(50)46-26)9-12-33(47-37)31-8-4-7-30(36(31)41)27-5-3-6-29-28(27)11-13-34(29)53-39-32(40(42,43)44)16-25(38(48-39)52-2)21-49-19-23-15-24(23)20-49/h3-9,12,16,23-24,26,34,45H,10-11,13-15,17-21H2,1-2H3,(H,46,50)/t23-,24+,26-,34-/m0/s1. The molecule has 8 rings (SSSR count). The van der Waals surface area contributed by atoms with E-state index in [0.717, 1.165) is 59.0 Å². The van der Waals surface area contributed by atoms with Crippen molar-refractivity contribution in [3.63, 3.8) is 0 Å². The summed E-state index contributed by atoms with van der Waals surface area (Å²) in [5.74, 6) is 1.53. The van der Waals surface area contributed by atoms with E-state index in [2.05, 4.69) is 20.5 Å². The fraction of sp³-hybridized carbons (Fsp3) is 0.425. The minimum atomic E-state index is -4.66. The van der Waals surface area contributed by atoms with Gasteiger partial charge in [-0.05, 0) is 66.3 Å². The molecule has 9 nitrogen and oxygen atoms in total. The number of methoxy groups -OCH3 is 2. The molecule has 278 valence electrons. The van der Waals surface area contributed by atoms with E-state index < -0.39 is 23.7 Å². The van der Waals surface area contributed by atoms with Crippen LogP contribution >= 0.6 is 11.6 Å². The van der Waals surface area contributed by atoms with E-state index in [9.17, 15) is 18.0 Å². The summed E-state index contributed by atoms with van der Waals surface area (Å²) in [5.41, 5.74) is 5.17. The zero-order valence-corrected chi connectivity index (χ0v) is 30.3. The molecular weight excluding hydrogens is 707 g/mol. The number of aromatic nitrogens is 2. The number of carbonyl (C=O) groups is 1. The lowest BCUT2D eigenvalue weighted by Gasteiger charge is -2.23. The number of piperidine rings is 1. The minimum absolute atomic E-state index is 0.0792. The number of alkyl halides is 3. The maximum absolute atomic E-state index is 14.5. The molecule has 2 aliphatic heterocycles. The lowest BCUT2D eigenvalue weighted by Crippen LogP contribution is -2.35. The summed E-state index contributed by atoms with van der Waals surface area (Å²) in [4.78, 5) is 22.8. The zero-order chi connectivity index (χ0) is 36.9. The molecule has 0 unspecified atom stereocenters. The Kier molecular flexibility index (Phi) is 9.71. The smallest absolute Gasteiger partial charge is 0.421 e. The van der Waals surface area contributed by atoms with Crippen LogP contribution in [0.2, 0.25) is 5.02 Å². The van der Waals surface area contributed by atoms with Crippen LogP contribution in [0.1, 0.15) is 59.6 Å². The maximum atomic E-state index is 14.5. The fourth-order valence-corrected chi connectivity index (χ4v) is 8.50. The Balaban J connectivity index is 1.03. The van der Waals surface area contributed by atoms with Crippen molar-refractivity contribution >= 4 is 17.5 Å². The molecule has 2 aromatic carbocycles. The SMILES string of the molecule is COc1nc(-c2cccc(-c3cccc4c3CC[C@@H]4Oc3nc(OC)c(CN4C[C@H]5C[C@H]5C4)cc3C(F)(F)F)c2Cl)ccc1CNC[C@@H]1CCC(=O)N1. The highest BCUT2D eigenvalue weighted by molar-refractivity contribution is 6.36. The van der Waals surface area contributed by atoms with Gasteiger partial charge >= 0.3 is 6.18 Å². The first-order valence-electron chi connectivity index (χ1n) is 18.1. The van der Waals surface area contributed by atoms with Crippen LogP contribution in [-0.2, 0) is 30.5 Å². The molecule has 0 bridgehead atoms. The van der Waals surface area contributed by atoms with E-state index in [4.69, 9.17) is 30.8 Å². The van der Waals surface area contributed by atoms with E-state index >= 15 is 0 Å². The van der Waals surface area contributed by atoms with Gasteiger partial charge in [0.1, 0.15) is 11.7 Å². The van der Waals surface area contributed by atoms with Crippen LogP contribution in [0.15, 0.2) is 54.6 Å². The van der Waals surface area contributed by atoms with Crippen molar-refractivity contribution in [1.82, 2.24) is 25.5 Å². The van der Waals surface area contributed by atoms with Crippen molar-refractivity contribution in [2.75, 3.05) is 33.9 Å². The molecule has 1 amide bonds. The lowest BCUT2D eigenvalue weighted by atomic mass is 9.94. The van der Waals surface area contributed by atoms with Gasteiger partial charge in [-0.1, -0.05) is 54.1 Å². The molecule has 4 aliphatic rings. The van der Waals surface area contributed by atoms with Gasteiger partial charge in [0.15, 0.2) is 0 Å². The van der Waals surface area contributed by atoms with E-state index in [1.807, 2.05) is 48.5 Å². The highest BCUT2D eigenvalue weighted by Gasteiger charge is 2.45. The molecule has 0 radical (unpaired) electrons. The average Bonchev–Trinajstić information content (AvgIpc) is 3.42. The van der Waals surface area contributed by atoms with Crippen LogP contribution in [-0.4, -0.2) is 60.7 Å². The van der Waals surface area contributed by atoms with Crippen molar-refractivity contribution in [1.29, 1.82) is 0 Å². The Morgan fingerprint density at radius 3 is 2.38 bits per heavy atom. The minimum Gasteiger partial charge on any atom is -0.481 e. The molecule has 2 aliphatic carbocycles. The third kappa shape index (κ3) is 7.28. The molecule has 2 aromatic heterocycles. The number of halogens is 4. The first-order chi connectivity index (χ1) is 25.6. The van der Waals surface area contributed by atoms with Gasteiger partial charge in [0.05, 0.1) is 24.9 Å². The third-order valence-electron chi connectivity index (χ3n) is 10.9. The fourth-order valence-electron chi connectivity index (χ4n) is 8.18. The van der Waals surface area contributed by atoms with Gasteiger partial charge in [-0.25, -0.2) is 4.98 Å². The molecule has 2 N–H and O–H groups in total. The normalized spacial score (nSPS) is 22.0. The van der Waals surface area contributed by atoms with E-state index in [1.165, 1.54) is 13.5 Å². The number of rotatable bonds is 12. The van der Waals surface area contributed by atoms with Crippen molar-refractivity contribution in [3.05, 3.63) is 87.4 Å². The van der Waals surface area contributed by atoms with Crippen LogP contribution in [0.25, 0.3) is 22.4 Å². The van der Waals surface area contributed by atoms with Crippen molar-refractivity contribution in [2.24, 2.45) is 11.8 Å². The Labute approximate surface area is 311 Å². The van der Waals surface area contributed by atoms with Gasteiger partial charge in [-0.15, -0.1) is 0 Å². The molecular formula is C40H41ClF3N5O4. The molecule has 13 heteroatoms. The van der Waals surface area contributed by atoms with Gasteiger partial charge in [0.25, 0.3) is 0 Å². The Hall–Kier alpha value is -4.39. The van der Waals surface area contributed by atoms with Gasteiger partial charge < -0.3 is 24.8 Å². The van der Waals surface area contributed by atoms with Crippen LogP contribution in [0.5, 0.6) is 17.6 Å². The number of pyridine rings is 2. The number of ether oxygens (including phenoxy) is 3. The number of nitrogens with zero attached hydrogens (tertiary/aromatic N) is 3. The number of fused-ring (bicyclic) bond motifs is 2. The highest BCUT2D eigenvalue weighted by atomic mass is 35.5. The summed E-state index contributed by atoms with van der Waals surface area (Å²) >= 11 is 7.13. The first kappa shape index (κ1) is 35.6. The first-order valence-corrected chi connectivity index (χ1v) is 18.5. The van der Waals surface area contributed by atoms with E-state index in [0.29, 0.717) is 72.9 Å². The number of hydrogen-bond acceptors (Lipinski definition) is 8. The van der Waals surface area contributed by atoms with Crippen molar-refractivity contribution < 1.29 is 32.2 Å². The topological polar surface area (TPSA) is 97.8 Å². The summed E-state index contributed by atoms with van der Waals surface area (Å²) in [6.07, 6.45) is -1.67. The second-order valence-electron chi connectivity index (χ2n) is 14.4. The second-order valence-corrected chi connectivity index (χ2v) is 14.8. The van der Waals surface area contributed by atoms with E-state index in [-0.39, 0.29) is 17.8 Å². The highest BCUT2D eigenvalue weighted by Crippen LogP contribution is 2.48. The number of benzene rings is 2. The monoisotopic (exact) mass is 747 g/mol. The average molecular weight is 748 g/mol. The summed E-state index contributed by atoms with van der Waals surface area (Å²) in [7, 11) is 3.00. The largest absolute Gasteiger partial charge is 0.481 e. The van der Waals surface area contributed by atoms with E-state index in [1.54, 1.807) is 7.11 Å². The zero-order valence-electron chi connectivity index (χ0n) is 29.6. The van der Waals surface area contributed by atoms with Gasteiger partial charge in [0.2, 0.25) is 23.5 Å². The van der Waals surface area contributed by atoms with Gasteiger partial charge in [-0.3, -0.25) is 9.69 Å². The molecule has 0 spiro atoms. The quantitative estimate of drug-likeness (QED) is 0.155. The number of nitrogens with one attached hydrogen (secondary N) is 2. The second kappa shape index (κ2) is 14.4. The molecule has 1 saturated carbocycles. The molecule has 2 saturated heterocycles. The summed E-state index contributed by atoms with van der Waals surface area (Å²) in [6.45, 7) is 3.30. The summed E-state index contributed by atoms with van der Waals surface area (Å²) in [6, 6.07) is 16.6. The number of hydrogen-bond donors (Lipinski definition) is 2. The molecule has 4 atom stereocenters. The van der Waals surface area contributed by atoms with Crippen molar-refractivity contribution in [2.45, 2.75) is 63.5 Å². The maximum Gasteiger partial charge on any atom is 0.421 e. The number of amides is 1.